The second-order valence-corrected chi connectivity index (χ2v) is 4.27. The van der Waals surface area contributed by atoms with E-state index in [2.05, 4.69) is 29.5 Å². The van der Waals surface area contributed by atoms with E-state index in [1.165, 1.54) is 0 Å². The number of anilines is 1. The number of rotatable bonds is 3. The first kappa shape index (κ1) is 10.7. The molecule has 2 rings (SSSR count). The van der Waals surface area contributed by atoms with Crippen LogP contribution in [0.25, 0.3) is 0 Å². The SMILES string of the molecule is CC(C)c1nccn1Cc1ccccc1N. The highest BCUT2D eigenvalue weighted by atomic mass is 15.1. The summed E-state index contributed by atoms with van der Waals surface area (Å²) in [5.74, 6) is 1.53. The monoisotopic (exact) mass is 215 g/mol. The fourth-order valence-corrected chi connectivity index (χ4v) is 1.82. The van der Waals surface area contributed by atoms with Gasteiger partial charge in [0.15, 0.2) is 0 Å². The summed E-state index contributed by atoms with van der Waals surface area (Å²) in [6, 6.07) is 7.95. The molecule has 84 valence electrons. The molecule has 16 heavy (non-hydrogen) atoms. The second-order valence-electron chi connectivity index (χ2n) is 4.27. The van der Waals surface area contributed by atoms with Gasteiger partial charge in [-0.3, -0.25) is 0 Å². The minimum absolute atomic E-state index is 0.430. The highest BCUT2D eigenvalue weighted by Crippen LogP contribution is 2.16. The van der Waals surface area contributed by atoms with Crippen LogP contribution in [-0.4, -0.2) is 9.55 Å². The molecular formula is C13H17N3. The lowest BCUT2D eigenvalue weighted by Gasteiger charge is -2.11. The molecule has 0 spiro atoms. The molecular weight excluding hydrogens is 198 g/mol. The summed E-state index contributed by atoms with van der Waals surface area (Å²) in [6.07, 6.45) is 3.84. The smallest absolute Gasteiger partial charge is 0.111 e. The quantitative estimate of drug-likeness (QED) is 0.800. The van der Waals surface area contributed by atoms with Gasteiger partial charge in [0, 0.05) is 24.0 Å². The summed E-state index contributed by atoms with van der Waals surface area (Å²) < 4.78 is 2.15. The van der Waals surface area contributed by atoms with Gasteiger partial charge in [0.25, 0.3) is 0 Å². The van der Waals surface area contributed by atoms with Crippen LogP contribution in [0, 0.1) is 0 Å². The van der Waals surface area contributed by atoms with Gasteiger partial charge in [0.2, 0.25) is 0 Å². The van der Waals surface area contributed by atoms with Crippen molar-refractivity contribution in [1.29, 1.82) is 0 Å². The van der Waals surface area contributed by atoms with E-state index >= 15 is 0 Å². The van der Waals surface area contributed by atoms with E-state index in [0.717, 1.165) is 23.6 Å². The van der Waals surface area contributed by atoms with E-state index in [4.69, 9.17) is 5.73 Å². The van der Waals surface area contributed by atoms with Gasteiger partial charge in [-0.2, -0.15) is 0 Å². The van der Waals surface area contributed by atoms with Gasteiger partial charge in [-0.1, -0.05) is 32.0 Å². The van der Waals surface area contributed by atoms with Crippen LogP contribution in [0.3, 0.4) is 0 Å². The van der Waals surface area contributed by atoms with E-state index in [1.807, 2.05) is 30.6 Å². The molecule has 3 heteroatoms. The fourth-order valence-electron chi connectivity index (χ4n) is 1.82. The topological polar surface area (TPSA) is 43.8 Å². The lowest BCUT2D eigenvalue weighted by Crippen LogP contribution is -2.07. The maximum Gasteiger partial charge on any atom is 0.111 e. The van der Waals surface area contributed by atoms with Crippen molar-refractivity contribution in [3.63, 3.8) is 0 Å². The normalized spacial score (nSPS) is 10.9. The Bertz CT molecular complexity index is 472. The third kappa shape index (κ3) is 2.08. The Morgan fingerprint density at radius 3 is 2.75 bits per heavy atom. The molecule has 0 saturated heterocycles. The highest BCUT2D eigenvalue weighted by Gasteiger charge is 2.08. The largest absolute Gasteiger partial charge is 0.398 e. The number of para-hydroxylation sites is 1. The summed E-state index contributed by atoms with van der Waals surface area (Å²) >= 11 is 0. The molecule has 0 bridgehead atoms. The molecule has 0 aliphatic carbocycles. The van der Waals surface area contributed by atoms with Crippen LogP contribution in [0.4, 0.5) is 5.69 Å². The second kappa shape index (κ2) is 4.39. The van der Waals surface area contributed by atoms with Crippen LogP contribution in [0.2, 0.25) is 0 Å². The average Bonchev–Trinajstić information content (AvgIpc) is 2.69. The molecule has 0 atom stereocenters. The van der Waals surface area contributed by atoms with E-state index in [9.17, 15) is 0 Å². The first-order chi connectivity index (χ1) is 7.68. The van der Waals surface area contributed by atoms with Gasteiger partial charge in [0.1, 0.15) is 5.82 Å². The molecule has 0 aliphatic rings. The van der Waals surface area contributed by atoms with Crippen molar-refractivity contribution in [2.24, 2.45) is 0 Å². The molecule has 0 saturated carbocycles. The van der Waals surface area contributed by atoms with Gasteiger partial charge in [-0.05, 0) is 11.6 Å². The Kier molecular flexibility index (Phi) is 2.95. The van der Waals surface area contributed by atoms with Crippen LogP contribution in [0.5, 0.6) is 0 Å². The third-order valence-electron chi connectivity index (χ3n) is 2.66. The zero-order chi connectivity index (χ0) is 11.5. The Hall–Kier alpha value is -1.77. The van der Waals surface area contributed by atoms with Gasteiger partial charge in [-0.25, -0.2) is 4.98 Å². The van der Waals surface area contributed by atoms with Gasteiger partial charge < -0.3 is 10.3 Å². The van der Waals surface area contributed by atoms with Gasteiger partial charge in [0.05, 0.1) is 6.54 Å². The lowest BCUT2D eigenvalue weighted by atomic mass is 10.1. The number of nitrogens with zero attached hydrogens (tertiary/aromatic N) is 2. The summed E-state index contributed by atoms with van der Waals surface area (Å²) in [4.78, 5) is 4.36. The summed E-state index contributed by atoms with van der Waals surface area (Å²) in [6.45, 7) is 5.08. The van der Waals surface area contributed by atoms with Crippen LogP contribution in [0.15, 0.2) is 36.7 Å². The van der Waals surface area contributed by atoms with E-state index in [1.54, 1.807) is 0 Å². The molecule has 3 nitrogen and oxygen atoms in total. The van der Waals surface area contributed by atoms with Crippen LogP contribution < -0.4 is 5.73 Å². The first-order valence-electron chi connectivity index (χ1n) is 5.53. The predicted octanol–water partition coefficient (Wildman–Crippen LogP) is 2.64. The number of imidazole rings is 1. The Balaban J connectivity index is 2.27. The number of nitrogen functional groups attached to an aromatic ring is 1. The standard InChI is InChI=1S/C13H17N3/c1-10(2)13-15-7-8-16(13)9-11-5-3-4-6-12(11)14/h3-8,10H,9,14H2,1-2H3. The number of hydrogen-bond acceptors (Lipinski definition) is 2. The van der Waals surface area contributed by atoms with Gasteiger partial charge >= 0.3 is 0 Å². The molecule has 0 aliphatic heterocycles. The molecule has 1 aromatic heterocycles. The lowest BCUT2D eigenvalue weighted by molar-refractivity contribution is 0.670. The average molecular weight is 215 g/mol. The minimum atomic E-state index is 0.430. The van der Waals surface area contributed by atoms with Crippen LogP contribution in [-0.2, 0) is 6.54 Å². The maximum atomic E-state index is 5.93. The minimum Gasteiger partial charge on any atom is -0.398 e. The van der Waals surface area contributed by atoms with E-state index in [0.29, 0.717) is 5.92 Å². The maximum absolute atomic E-state index is 5.93. The molecule has 2 aromatic rings. The zero-order valence-electron chi connectivity index (χ0n) is 9.72. The van der Waals surface area contributed by atoms with Crippen molar-refractivity contribution >= 4 is 5.69 Å². The third-order valence-corrected chi connectivity index (χ3v) is 2.66. The molecule has 0 amide bonds. The van der Waals surface area contributed by atoms with Crippen molar-refractivity contribution in [2.75, 3.05) is 5.73 Å². The molecule has 2 N–H and O–H groups in total. The van der Waals surface area contributed by atoms with Crippen molar-refractivity contribution in [3.05, 3.63) is 48.0 Å². The summed E-state index contributed by atoms with van der Waals surface area (Å²) in [5.41, 5.74) is 7.91. The molecule has 0 fully saturated rings. The Labute approximate surface area is 95.9 Å². The molecule has 0 unspecified atom stereocenters. The molecule has 0 radical (unpaired) electrons. The van der Waals surface area contributed by atoms with Crippen LogP contribution in [0.1, 0.15) is 31.2 Å². The molecule has 1 heterocycles. The predicted molar refractivity (Wildman–Crippen MR) is 66.3 cm³/mol. The van der Waals surface area contributed by atoms with E-state index in [-0.39, 0.29) is 0 Å². The Morgan fingerprint density at radius 1 is 1.31 bits per heavy atom. The zero-order valence-corrected chi connectivity index (χ0v) is 9.72. The van der Waals surface area contributed by atoms with Gasteiger partial charge in [-0.15, -0.1) is 0 Å². The number of hydrogen-bond donors (Lipinski definition) is 1. The highest BCUT2D eigenvalue weighted by molar-refractivity contribution is 5.46. The van der Waals surface area contributed by atoms with E-state index < -0.39 is 0 Å². The number of nitrogens with two attached hydrogens (primary N) is 1. The summed E-state index contributed by atoms with van der Waals surface area (Å²) in [7, 11) is 0. The Morgan fingerprint density at radius 2 is 2.06 bits per heavy atom. The van der Waals surface area contributed by atoms with Crippen molar-refractivity contribution in [1.82, 2.24) is 9.55 Å². The number of aromatic nitrogens is 2. The summed E-state index contributed by atoms with van der Waals surface area (Å²) in [5, 5.41) is 0. The molecule has 1 aromatic carbocycles. The number of benzene rings is 1. The van der Waals surface area contributed by atoms with Crippen LogP contribution >= 0.6 is 0 Å². The van der Waals surface area contributed by atoms with Crippen molar-refractivity contribution < 1.29 is 0 Å². The first-order valence-corrected chi connectivity index (χ1v) is 5.53. The van der Waals surface area contributed by atoms with Crippen molar-refractivity contribution in [3.8, 4) is 0 Å². The fraction of sp³-hybridized carbons (Fsp3) is 0.308. The van der Waals surface area contributed by atoms with Crippen molar-refractivity contribution in [2.45, 2.75) is 26.3 Å².